The first kappa shape index (κ1) is 13.1. The lowest BCUT2D eigenvalue weighted by Gasteiger charge is -2.06. The second kappa shape index (κ2) is 5.54. The van der Waals surface area contributed by atoms with Gasteiger partial charge in [0.15, 0.2) is 5.16 Å². The molecule has 0 unspecified atom stereocenters. The van der Waals surface area contributed by atoms with Gasteiger partial charge in [-0.15, -0.1) is 0 Å². The predicted octanol–water partition coefficient (Wildman–Crippen LogP) is 3.14. The van der Waals surface area contributed by atoms with Crippen LogP contribution >= 0.6 is 23.4 Å². The summed E-state index contributed by atoms with van der Waals surface area (Å²) in [5.41, 5.74) is 2.78. The second-order valence-corrected chi connectivity index (χ2v) is 5.14. The normalized spacial score (nSPS) is 10.6. The number of pyridine rings is 1. The lowest BCUT2D eigenvalue weighted by atomic mass is 10.2. The van der Waals surface area contributed by atoms with Gasteiger partial charge in [0.05, 0.1) is 0 Å². The van der Waals surface area contributed by atoms with Gasteiger partial charge in [-0.25, -0.2) is 9.97 Å². The largest absolute Gasteiger partial charge is 0.493 e. The van der Waals surface area contributed by atoms with Gasteiger partial charge in [-0.3, -0.25) is 0 Å². The fraction of sp³-hybridized carbons (Fsp3) is 0.250. The molecule has 0 aliphatic carbocycles. The summed E-state index contributed by atoms with van der Waals surface area (Å²) < 4.78 is 0. The van der Waals surface area contributed by atoms with E-state index >= 15 is 0 Å². The lowest BCUT2D eigenvalue weighted by Crippen LogP contribution is -1.94. The average Bonchev–Trinajstić information content (AvgIpc) is 2.27. The SMILES string of the molecule is Cc1cc(O)nc(SCc2c(C)ccnc2Cl)n1. The molecule has 18 heavy (non-hydrogen) atoms. The number of aryl methyl sites for hydroxylation is 2. The van der Waals surface area contributed by atoms with Crippen LogP contribution in [0.5, 0.6) is 5.88 Å². The fourth-order valence-electron chi connectivity index (χ4n) is 1.46. The maximum atomic E-state index is 9.40. The molecule has 0 spiro atoms. The highest BCUT2D eigenvalue weighted by molar-refractivity contribution is 7.98. The Balaban J connectivity index is 2.16. The maximum absolute atomic E-state index is 9.40. The number of aromatic hydroxyl groups is 1. The molecule has 0 amide bonds. The van der Waals surface area contributed by atoms with Crippen molar-refractivity contribution >= 4 is 23.4 Å². The zero-order valence-electron chi connectivity index (χ0n) is 10.0. The highest BCUT2D eigenvalue weighted by Gasteiger charge is 2.08. The molecule has 94 valence electrons. The summed E-state index contributed by atoms with van der Waals surface area (Å²) in [4.78, 5) is 12.2. The van der Waals surface area contributed by atoms with Gasteiger partial charge in [-0.1, -0.05) is 23.4 Å². The Kier molecular flexibility index (Phi) is 4.04. The Morgan fingerprint density at radius 1 is 1.33 bits per heavy atom. The molecule has 0 aliphatic rings. The van der Waals surface area contributed by atoms with Crippen LogP contribution in [-0.4, -0.2) is 20.1 Å². The standard InChI is InChI=1S/C12H12ClN3OS/c1-7-3-4-14-11(13)9(7)6-18-12-15-8(2)5-10(17)16-12/h3-5H,6H2,1-2H3,(H,15,16,17). The molecule has 0 bridgehead atoms. The molecule has 2 aromatic heterocycles. The number of hydrogen-bond acceptors (Lipinski definition) is 5. The number of thioether (sulfide) groups is 1. The molecule has 2 heterocycles. The first-order valence-corrected chi connectivity index (χ1v) is 6.70. The highest BCUT2D eigenvalue weighted by Crippen LogP contribution is 2.26. The van der Waals surface area contributed by atoms with Crippen LogP contribution in [0.3, 0.4) is 0 Å². The molecular weight excluding hydrogens is 270 g/mol. The van der Waals surface area contributed by atoms with E-state index in [0.29, 0.717) is 16.1 Å². The quantitative estimate of drug-likeness (QED) is 0.532. The van der Waals surface area contributed by atoms with Crippen molar-refractivity contribution in [3.8, 4) is 5.88 Å². The van der Waals surface area contributed by atoms with E-state index in [-0.39, 0.29) is 5.88 Å². The van der Waals surface area contributed by atoms with Crippen LogP contribution in [0.1, 0.15) is 16.8 Å². The van der Waals surface area contributed by atoms with Gasteiger partial charge in [-0.05, 0) is 25.5 Å². The molecule has 0 fully saturated rings. The third kappa shape index (κ3) is 3.11. The van der Waals surface area contributed by atoms with Crippen LogP contribution in [0.4, 0.5) is 0 Å². The molecule has 2 aromatic rings. The highest BCUT2D eigenvalue weighted by atomic mass is 35.5. The Hall–Kier alpha value is -1.33. The molecule has 0 aliphatic heterocycles. The van der Waals surface area contributed by atoms with Crippen molar-refractivity contribution in [1.29, 1.82) is 0 Å². The first-order chi connectivity index (χ1) is 8.56. The van der Waals surface area contributed by atoms with Crippen molar-refractivity contribution in [3.05, 3.63) is 40.3 Å². The Morgan fingerprint density at radius 3 is 2.78 bits per heavy atom. The molecular formula is C12H12ClN3OS. The van der Waals surface area contributed by atoms with E-state index in [0.717, 1.165) is 16.8 Å². The van der Waals surface area contributed by atoms with E-state index < -0.39 is 0 Å². The van der Waals surface area contributed by atoms with E-state index in [1.165, 1.54) is 17.8 Å². The van der Waals surface area contributed by atoms with Gasteiger partial charge in [0, 0.05) is 29.3 Å². The summed E-state index contributed by atoms with van der Waals surface area (Å²) >= 11 is 7.47. The minimum atomic E-state index is -0.0148. The van der Waals surface area contributed by atoms with Crippen molar-refractivity contribution in [3.63, 3.8) is 0 Å². The summed E-state index contributed by atoms with van der Waals surface area (Å²) in [5, 5.41) is 10.4. The van der Waals surface area contributed by atoms with Crippen LogP contribution in [0.15, 0.2) is 23.5 Å². The van der Waals surface area contributed by atoms with E-state index in [1.807, 2.05) is 19.9 Å². The van der Waals surface area contributed by atoms with E-state index in [2.05, 4.69) is 15.0 Å². The van der Waals surface area contributed by atoms with Crippen molar-refractivity contribution in [2.75, 3.05) is 0 Å². The van der Waals surface area contributed by atoms with Gasteiger partial charge < -0.3 is 5.11 Å². The number of nitrogens with zero attached hydrogens (tertiary/aromatic N) is 3. The molecule has 6 heteroatoms. The van der Waals surface area contributed by atoms with Crippen molar-refractivity contribution in [2.24, 2.45) is 0 Å². The zero-order chi connectivity index (χ0) is 13.1. The Bertz CT molecular complexity index is 537. The second-order valence-electron chi connectivity index (χ2n) is 3.84. The Labute approximate surface area is 114 Å². The van der Waals surface area contributed by atoms with Crippen molar-refractivity contribution < 1.29 is 5.11 Å². The third-order valence-corrected chi connectivity index (χ3v) is 3.60. The van der Waals surface area contributed by atoms with E-state index in [1.54, 1.807) is 6.20 Å². The third-order valence-electron chi connectivity index (χ3n) is 2.40. The molecule has 0 aromatic carbocycles. The molecule has 0 saturated heterocycles. The van der Waals surface area contributed by atoms with Gasteiger partial charge in [0.25, 0.3) is 0 Å². The predicted molar refractivity (Wildman–Crippen MR) is 72.0 cm³/mol. The van der Waals surface area contributed by atoms with Crippen LogP contribution < -0.4 is 0 Å². The molecule has 0 atom stereocenters. The average molecular weight is 282 g/mol. The summed E-state index contributed by atoms with van der Waals surface area (Å²) in [6.07, 6.45) is 1.68. The van der Waals surface area contributed by atoms with E-state index in [4.69, 9.17) is 11.6 Å². The van der Waals surface area contributed by atoms with Gasteiger partial charge in [-0.2, -0.15) is 4.98 Å². The molecule has 1 N–H and O–H groups in total. The van der Waals surface area contributed by atoms with Crippen LogP contribution in [0, 0.1) is 13.8 Å². The van der Waals surface area contributed by atoms with Crippen molar-refractivity contribution in [2.45, 2.75) is 24.8 Å². The molecule has 4 nitrogen and oxygen atoms in total. The summed E-state index contributed by atoms with van der Waals surface area (Å²) in [6.45, 7) is 3.80. The monoisotopic (exact) mass is 281 g/mol. The fourth-order valence-corrected chi connectivity index (χ4v) is 2.81. The number of rotatable bonds is 3. The van der Waals surface area contributed by atoms with Crippen LogP contribution in [0.25, 0.3) is 0 Å². The molecule has 0 radical (unpaired) electrons. The summed E-state index contributed by atoms with van der Waals surface area (Å²) in [5.74, 6) is 0.612. The summed E-state index contributed by atoms with van der Waals surface area (Å²) in [7, 11) is 0. The maximum Gasteiger partial charge on any atom is 0.215 e. The van der Waals surface area contributed by atoms with Crippen molar-refractivity contribution in [1.82, 2.24) is 15.0 Å². The Morgan fingerprint density at radius 2 is 2.11 bits per heavy atom. The first-order valence-electron chi connectivity index (χ1n) is 5.33. The summed E-state index contributed by atoms with van der Waals surface area (Å²) in [6, 6.07) is 3.43. The van der Waals surface area contributed by atoms with Gasteiger partial charge >= 0.3 is 0 Å². The number of halogens is 1. The van der Waals surface area contributed by atoms with Crippen LogP contribution in [-0.2, 0) is 5.75 Å². The minimum absolute atomic E-state index is 0.0148. The molecule has 2 rings (SSSR count). The number of hydrogen-bond donors (Lipinski definition) is 1. The van der Waals surface area contributed by atoms with Gasteiger partial charge in [0.2, 0.25) is 5.88 Å². The smallest absolute Gasteiger partial charge is 0.215 e. The minimum Gasteiger partial charge on any atom is -0.493 e. The topological polar surface area (TPSA) is 58.9 Å². The van der Waals surface area contributed by atoms with Crippen LogP contribution in [0.2, 0.25) is 5.15 Å². The van der Waals surface area contributed by atoms with E-state index in [9.17, 15) is 5.11 Å². The van der Waals surface area contributed by atoms with Gasteiger partial charge in [0.1, 0.15) is 5.15 Å². The zero-order valence-corrected chi connectivity index (χ0v) is 11.6. The number of aromatic nitrogens is 3. The lowest BCUT2D eigenvalue weighted by molar-refractivity contribution is 0.444. The molecule has 0 saturated carbocycles.